The van der Waals surface area contributed by atoms with Crippen LogP contribution in [-0.2, 0) is 0 Å². The number of aromatic amines is 1. The molecule has 4 bridgehead atoms. The Morgan fingerprint density at radius 1 is 1.26 bits per heavy atom. The first-order chi connectivity index (χ1) is 11.0. The van der Waals surface area contributed by atoms with Crippen molar-refractivity contribution in [2.45, 2.75) is 43.7 Å². The zero-order valence-corrected chi connectivity index (χ0v) is 12.8. The van der Waals surface area contributed by atoms with Gasteiger partial charge in [0.15, 0.2) is 0 Å². The molecule has 2 unspecified atom stereocenters. The number of nitrogens with one attached hydrogen (secondary N) is 1. The first-order valence-corrected chi connectivity index (χ1v) is 8.32. The second kappa shape index (κ2) is 4.08. The van der Waals surface area contributed by atoms with Gasteiger partial charge < -0.3 is 21.6 Å². The van der Waals surface area contributed by atoms with Crippen LogP contribution in [0.15, 0.2) is 11.0 Å². The molecule has 0 radical (unpaired) electrons. The lowest BCUT2D eigenvalue weighted by Gasteiger charge is -2.58. The molecule has 2 atom stereocenters. The molecule has 0 amide bonds. The summed E-state index contributed by atoms with van der Waals surface area (Å²) in [4.78, 5) is 19.5. The van der Waals surface area contributed by atoms with E-state index in [0.29, 0.717) is 34.5 Å². The lowest BCUT2D eigenvalue weighted by molar-refractivity contribution is -0.146. The SMILES string of the molecule is Nc1ncc2[nH]c(=O)n(C3C4CC5CC3CC(O)(C5)C4)c2c1N. The van der Waals surface area contributed by atoms with Crippen LogP contribution in [0.1, 0.15) is 38.1 Å². The molecule has 23 heavy (non-hydrogen) atoms. The molecule has 6 rings (SSSR count). The average Bonchev–Trinajstić information content (AvgIpc) is 2.78. The van der Waals surface area contributed by atoms with Crippen LogP contribution in [-0.4, -0.2) is 25.2 Å². The number of fused-ring (bicyclic) bond motifs is 1. The van der Waals surface area contributed by atoms with E-state index in [2.05, 4.69) is 9.97 Å². The van der Waals surface area contributed by atoms with Crippen molar-refractivity contribution in [3.8, 4) is 0 Å². The first-order valence-electron chi connectivity index (χ1n) is 8.32. The number of nitrogen functional groups attached to an aromatic ring is 2. The zero-order valence-electron chi connectivity index (χ0n) is 12.8. The highest BCUT2D eigenvalue weighted by Gasteiger charge is 2.55. The lowest BCUT2D eigenvalue weighted by Crippen LogP contribution is -2.55. The summed E-state index contributed by atoms with van der Waals surface area (Å²) in [5, 5.41) is 10.7. The second-order valence-electron chi connectivity index (χ2n) is 7.80. The predicted molar refractivity (Wildman–Crippen MR) is 86.7 cm³/mol. The smallest absolute Gasteiger partial charge is 0.326 e. The molecule has 122 valence electrons. The molecule has 6 N–H and O–H groups in total. The predicted octanol–water partition coefficient (Wildman–Crippen LogP) is 1.00. The second-order valence-corrected chi connectivity index (χ2v) is 7.80. The van der Waals surface area contributed by atoms with Crippen LogP contribution in [0.3, 0.4) is 0 Å². The minimum atomic E-state index is -0.519. The van der Waals surface area contributed by atoms with Crippen molar-refractivity contribution in [3.05, 3.63) is 16.7 Å². The molecule has 0 aliphatic heterocycles. The average molecular weight is 315 g/mol. The van der Waals surface area contributed by atoms with Gasteiger partial charge in [0, 0.05) is 6.04 Å². The molecule has 4 aliphatic rings. The Kier molecular flexibility index (Phi) is 2.38. The van der Waals surface area contributed by atoms with Crippen molar-refractivity contribution in [2.75, 3.05) is 11.5 Å². The van der Waals surface area contributed by atoms with Crippen molar-refractivity contribution in [1.29, 1.82) is 0 Å². The highest BCUT2D eigenvalue weighted by atomic mass is 16.3. The Morgan fingerprint density at radius 2 is 1.96 bits per heavy atom. The summed E-state index contributed by atoms with van der Waals surface area (Å²) in [7, 11) is 0. The number of hydrogen-bond donors (Lipinski definition) is 4. The van der Waals surface area contributed by atoms with Crippen molar-refractivity contribution in [1.82, 2.24) is 14.5 Å². The van der Waals surface area contributed by atoms with Crippen molar-refractivity contribution >= 4 is 22.5 Å². The maximum atomic E-state index is 12.6. The van der Waals surface area contributed by atoms with Gasteiger partial charge in [0.2, 0.25) is 0 Å². The van der Waals surface area contributed by atoms with Gasteiger partial charge >= 0.3 is 5.69 Å². The van der Waals surface area contributed by atoms with E-state index in [9.17, 15) is 9.90 Å². The number of pyridine rings is 1. The van der Waals surface area contributed by atoms with Crippen LogP contribution in [0.4, 0.5) is 11.5 Å². The van der Waals surface area contributed by atoms with Gasteiger partial charge in [0.1, 0.15) is 11.5 Å². The van der Waals surface area contributed by atoms with E-state index in [-0.39, 0.29) is 17.5 Å². The largest absolute Gasteiger partial charge is 0.394 e. The summed E-state index contributed by atoms with van der Waals surface area (Å²) in [6.07, 6.45) is 6.23. The fourth-order valence-corrected chi connectivity index (χ4v) is 5.82. The number of hydrogen-bond acceptors (Lipinski definition) is 5. The Morgan fingerprint density at radius 3 is 2.61 bits per heavy atom. The third-order valence-corrected chi connectivity index (χ3v) is 6.31. The summed E-state index contributed by atoms with van der Waals surface area (Å²) in [6, 6.07) is 0.0946. The number of aliphatic hydroxyl groups is 1. The minimum Gasteiger partial charge on any atom is -0.394 e. The zero-order chi connectivity index (χ0) is 15.9. The first kappa shape index (κ1) is 13.4. The number of imidazole rings is 1. The Bertz CT molecular complexity index is 853. The van der Waals surface area contributed by atoms with Crippen LogP contribution in [0.5, 0.6) is 0 Å². The van der Waals surface area contributed by atoms with Gasteiger partial charge in [-0.05, 0) is 49.9 Å². The molecule has 4 aliphatic carbocycles. The maximum Gasteiger partial charge on any atom is 0.326 e. The Balaban J connectivity index is 1.71. The summed E-state index contributed by atoms with van der Waals surface area (Å²) < 4.78 is 1.80. The number of anilines is 2. The van der Waals surface area contributed by atoms with Gasteiger partial charge in [-0.15, -0.1) is 0 Å². The van der Waals surface area contributed by atoms with E-state index in [0.717, 1.165) is 32.1 Å². The van der Waals surface area contributed by atoms with Crippen molar-refractivity contribution < 1.29 is 5.11 Å². The number of aromatic nitrogens is 3. The molecule has 2 heterocycles. The molecule has 7 heteroatoms. The van der Waals surface area contributed by atoms with E-state index >= 15 is 0 Å². The number of H-pyrrole nitrogens is 1. The monoisotopic (exact) mass is 315 g/mol. The van der Waals surface area contributed by atoms with Crippen molar-refractivity contribution in [2.24, 2.45) is 17.8 Å². The van der Waals surface area contributed by atoms with Gasteiger partial charge in [0.25, 0.3) is 0 Å². The third-order valence-electron chi connectivity index (χ3n) is 6.31. The van der Waals surface area contributed by atoms with Gasteiger partial charge in [-0.25, -0.2) is 9.78 Å². The topological polar surface area (TPSA) is 123 Å². The van der Waals surface area contributed by atoms with Gasteiger partial charge in [-0.2, -0.15) is 0 Å². The van der Waals surface area contributed by atoms with Crippen LogP contribution >= 0.6 is 0 Å². The maximum absolute atomic E-state index is 12.6. The molecule has 7 nitrogen and oxygen atoms in total. The highest BCUT2D eigenvalue weighted by molar-refractivity contribution is 5.91. The van der Waals surface area contributed by atoms with Gasteiger partial charge in [-0.3, -0.25) is 4.57 Å². The van der Waals surface area contributed by atoms with Crippen LogP contribution in [0, 0.1) is 17.8 Å². The molecule has 4 fully saturated rings. The number of nitrogens with two attached hydrogens (primary N) is 2. The fourth-order valence-electron chi connectivity index (χ4n) is 5.82. The molecule has 0 aromatic carbocycles. The van der Waals surface area contributed by atoms with E-state index < -0.39 is 5.60 Å². The molecule has 2 aromatic heterocycles. The molecular formula is C16H21N5O2. The summed E-state index contributed by atoms with van der Waals surface area (Å²) in [6.45, 7) is 0. The molecule has 2 aromatic rings. The van der Waals surface area contributed by atoms with E-state index in [1.54, 1.807) is 10.8 Å². The highest BCUT2D eigenvalue weighted by Crippen LogP contribution is 2.60. The van der Waals surface area contributed by atoms with Crippen LogP contribution in [0.25, 0.3) is 11.0 Å². The van der Waals surface area contributed by atoms with Crippen LogP contribution in [0.2, 0.25) is 0 Å². The quantitative estimate of drug-likeness (QED) is 0.625. The fraction of sp³-hybridized carbons (Fsp3) is 0.625. The van der Waals surface area contributed by atoms with E-state index in [1.165, 1.54) is 0 Å². The molecule has 0 saturated heterocycles. The number of nitrogens with zero attached hydrogens (tertiary/aromatic N) is 2. The summed E-state index contributed by atoms with van der Waals surface area (Å²) in [5.74, 6) is 1.51. The van der Waals surface area contributed by atoms with E-state index in [1.807, 2.05) is 0 Å². The molecular weight excluding hydrogens is 294 g/mol. The minimum absolute atomic E-state index is 0.0946. The number of rotatable bonds is 1. The molecule has 0 spiro atoms. The van der Waals surface area contributed by atoms with Gasteiger partial charge in [-0.1, -0.05) is 0 Å². The van der Waals surface area contributed by atoms with Gasteiger partial charge in [0.05, 0.1) is 22.8 Å². The Hall–Kier alpha value is -2.02. The normalized spacial score (nSPS) is 38.5. The third kappa shape index (κ3) is 1.68. The standard InChI is InChI=1S/C16H21N5O2/c17-11-13-10(6-19-14(11)18)20-15(22)21(13)12-8-1-7-2-9(12)5-16(23,3-7)4-8/h6-9,12,23H,1-5,17H2,(H2,18,19)(H,20,22). The summed E-state index contributed by atoms with van der Waals surface area (Å²) in [5.41, 5.74) is 13.0. The van der Waals surface area contributed by atoms with E-state index in [4.69, 9.17) is 11.5 Å². The lowest BCUT2D eigenvalue weighted by atomic mass is 9.52. The van der Waals surface area contributed by atoms with Crippen molar-refractivity contribution in [3.63, 3.8) is 0 Å². The summed E-state index contributed by atoms with van der Waals surface area (Å²) >= 11 is 0. The Labute approximate surface area is 132 Å². The molecule has 4 saturated carbocycles. The van der Waals surface area contributed by atoms with Crippen LogP contribution < -0.4 is 17.2 Å².